The number of nitrogens with zero attached hydrogens (tertiary/aromatic N) is 3. The number of para-hydroxylation sites is 1. The third-order valence-electron chi connectivity index (χ3n) is 13.4. The molecule has 0 fully saturated rings. The predicted molar refractivity (Wildman–Crippen MR) is 261 cm³/mol. The summed E-state index contributed by atoms with van der Waals surface area (Å²) in [6.45, 7) is 0. The molecule has 292 valence electrons. The molecule has 0 aliphatic heterocycles. The van der Waals surface area contributed by atoms with Crippen molar-refractivity contribution >= 4 is 54.3 Å². The van der Waals surface area contributed by atoms with Crippen LogP contribution in [0.15, 0.2) is 225 Å². The summed E-state index contributed by atoms with van der Waals surface area (Å²) < 4.78 is 0. The van der Waals surface area contributed by atoms with Crippen molar-refractivity contribution in [1.82, 2.24) is 15.0 Å². The van der Waals surface area contributed by atoms with Gasteiger partial charge in [-0.25, -0.2) is 4.98 Å². The molecule has 0 bridgehead atoms. The van der Waals surface area contributed by atoms with E-state index in [2.05, 4.69) is 211 Å². The average Bonchev–Trinajstić information content (AvgIpc) is 3.65. The van der Waals surface area contributed by atoms with Crippen LogP contribution in [-0.4, -0.2) is 15.0 Å². The van der Waals surface area contributed by atoms with E-state index in [0.717, 1.165) is 60.5 Å². The largest absolute Gasteiger partial charge is 0.254 e. The zero-order chi connectivity index (χ0) is 41.5. The van der Waals surface area contributed by atoms with Gasteiger partial charge in [-0.15, -0.1) is 0 Å². The predicted octanol–water partition coefficient (Wildman–Crippen LogP) is 15.0. The van der Waals surface area contributed by atoms with Gasteiger partial charge in [-0.3, -0.25) is 9.97 Å². The summed E-state index contributed by atoms with van der Waals surface area (Å²) in [7, 11) is 0. The van der Waals surface area contributed by atoms with Crippen molar-refractivity contribution in [3.63, 3.8) is 0 Å². The molecule has 9 aromatic carbocycles. The summed E-state index contributed by atoms with van der Waals surface area (Å²) in [6, 6.07) is 77.5. The minimum atomic E-state index is -0.475. The van der Waals surface area contributed by atoms with Crippen molar-refractivity contribution in [1.29, 1.82) is 0 Å². The van der Waals surface area contributed by atoms with Crippen LogP contribution in [0.1, 0.15) is 22.3 Å². The van der Waals surface area contributed by atoms with Gasteiger partial charge in [0.15, 0.2) is 0 Å². The molecule has 0 saturated carbocycles. The van der Waals surface area contributed by atoms with E-state index in [0.29, 0.717) is 0 Å². The first-order valence-electron chi connectivity index (χ1n) is 21.6. The van der Waals surface area contributed by atoms with Gasteiger partial charge in [-0.05, 0) is 114 Å². The number of aromatic nitrogens is 3. The molecule has 0 radical (unpaired) electrons. The lowest BCUT2D eigenvalue weighted by Gasteiger charge is -2.34. The molecule has 13 rings (SSSR count). The number of benzene rings is 9. The third kappa shape index (κ3) is 5.36. The van der Waals surface area contributed by atoms with Crippen LogP contribution in [0.2, 0.25) is 0 Å². The summed E-state index contributed by atoms with van der Waals surface area (Å²) in [5, 5.41) is 8.12. The summed E-state index contributed by atoms with van der Waals surface area (Å²) in [5.41, 5.74) is 16.8. The van der Waals surface area contributed by atoms with Crippen molar-refractivity contribution in [3.05, 3.63) is 247 Å². The first-order chi connectivity index (χ1) is 31.2. The number of hydrogen-bond donors (Lipinski definition) is 0. The van der Waals surface area contributed by atoms with Crippen LogP contribution in [0.5, 0.6) is 0 Å². The summed E-state index contributed by atoms with van der Waals surface area (Å²) in [6.07, 6.45) is 3.73. The minimum Gasteiger partial charge on any atom is -0.254 e. The van der Waals surface area contributed by atoms with Crippen LogP contribution in [-0.2, 0) is 5.41 Å². The van der Waals surface area contributed by atoms with Crippen molar-refractivity contribution in [2.75, 3.05) is 0 Å². The molecule has 0 amide bonds. The fourth-order valence-corrected chi connectivity index (χ4v) is 10.5. The Labute approximate surface area is 364 Å². The number of pyridine rings is 3. The van der Waals surface area contributed by atoms with Gasteiger partial charge in [0.2, 0.25) is 0 Å². The van der Waals surface area contributed by atoms with Crippen molar-refractivity contribution < 1.29 is 0 Å². The molecule has 0 N–H and O–H groups in total. The Bertz CT molecular complexity index is 3740. The fraction of sp³-hybridized carbons (Fsp3) is 0.0167. The maximum atomic E-state index is 5.41. The van der Waals surface area contributed by atoms with Gasteiger partial charge < -0.3 is 0 Å². The standard InChI is InChI=1S/C60H37N3/c1-3-13-45(14-4-1)60(46-15-5-2-6-16-46)54-19-9-7-17-48(54)52-36-53-51(37-55(52)60)49-18-8-10-20-56(49)63-57(53)40-23-21-38(22-24-40)41-25-26-43-35-44(28-27-42(43)34-41)47-31-33-62-59-50(47)30-29-39-12-11-32-61-58(39)59/h1-37H. The number of hydrogen-bond acceptors (Lipinski definition) is 3. The Morgan fingerprint density at radius 2 is 0.968 bits per heavy atom. The monoisotopic (exact) mass is 799 g/mol. The lowest BCUT2D eigenvalue weighted by atomic mass is 9.67. The van der Waals surface area contributed by atoms with E-state index in [-0.39, 0.29) is 0 Å². The SMILES string of the molecule is c1ccc(C2(c3ccccc3)c3ccccc3-c3cc4c(-c5ccc(-c6ccc7cc(-c8ccnc9c8ccc8cccnc89)ccc7c6)cc5)nc5ccccc5c4cc32)cc1. The maximum Gasteiger partial charge on any atom is 0.0970 e. The number of fused-ring (bicyclic) bond motifs is 10. The van der Waals surface area contributed by atoms with Gasteiger partial charge >= 0.3 is 0 Å². The van der Waals surface area contributed by atoms with E-state index in [1.165, 1.54) is 60.7 Å². The van der Waals surface area contributed by atoms with Gasteiger partial charge in [0, 0.05) is 39.5 Å². The molecule has 0 saturated heterocycles. The van der Waals surface area contributed by atoms with E-state index in [9.17, 15) is 0 Å². The molecule has 3 aromatic heterocycles. The molecule has 0 unspecified atom stereocenters. The van der Waals surface area contributed by atoms with Crippen molar-refractivity contribution in [3.8, 4) is 44.6 Å². The number of rotatable bonds is 5. The molecule has 1 aliphatic carbocycles. The highest BCUT2D eigenvalue weighted by Crippen LogP contribution is 2.57. The molecule has 0 spiro atoms. The average molecular weight is 800 g/mol. The van der Waals surface area contributed by atoms with Crippen LogP contribution in [0, 0.1) is 0 Å². The lowest BCUT2D eigenvalue weighted by molar-refractivity contribution is 0.769. The minimum absolute atomic E-state index is 0.475. The summed E-state index contributed by atoms with van der Waals surface area (Å²) in [5.74, 6) is 0. The fourth-order valence-electron chi connectivity index (χ4n) is 10.5. The van der Waals surface area contributed by atoms with Crippen LogP contribution >= 0.6 is 0 Å². The molecule has 12 aromatic rings. The normalized spacial score (nSPS) is 12.9. The topological polar surface area (TPSA) is 38.7 Å². The van der Waals surface area contributed by atoms with E-state index in [1.54, 1.807) is 0 Å². The highest BCUT2D eigenvalue weighted by molar-refractivity contribution is 6.14. The van der Waals surface area contributed by atoms with E-state index in [1.807, 2.05) is 18.5 Å². The van der Waals surface area contributed by atoms with Crippen LogP contribution in [0.3, 0.4) is 0 Å². The summed E-state index contributed by atoms with van der Waals surface area (Å²) in [4.78, 5) is 14.8. The highest BCUT2D eigenvalue weighted by Gasteiger charge is 2.46. The Kier molecular flexibility index (Phi) is 7.82. The molecular weight excluding hydrogens is 763 g/mol. The zero-order valence-corrected chi connectivity index (χ0v) is 34.2. The van der Waals surface area contributed by atoms with Crippen LogP contribution < -0.4 is 0 Å². The Hall–Kier alpha value is -8.27. The smallest absolute Gasteiger partial charge is 0.0970 e. The summed E-state index contributed by atoms with van der Waals surface area (Å²) >= 11 is 0. The van der Waals surface area contributed by atoms with E-state index >= 15 is 0 Å². The molecular formula is C60H37N3. The first-order valence-corrected chi connectivity index (χ1v) is 21.6. The molecule has 3 heteroatoms. The van der Waals surface area contributed by atoms with Crippen molar-refractivity contribution in [2.45, 2.75) is 5.41 Å². The molecule has 3 heterocycles. The maximum absolute atomic E-state index is 5.41. The Morgan fingerprint density at radius 1 is 0.317 bits per heavy atom. The molecule has 63 heavy (non-hydrogen) atoms. The Balaban J connectivity index is 0.922. The van der Waals surface area contributed by atoms with Crippen molar-refractivity contribution in [2.24, 2.45) is 0 Å². The van der Waals surface area contributed by atoms with Gasteiger partial charge in [0.25, 0.3) is 0 Å². The second kappa shape index (κ2) is 13.9. The second-order valence-corrected chi connectivity index (χ2v) is 16.7. The zero-order valence-electron chi connectivity index (χ0n) is 34.2. The van der Waals surface area contributed by atoms with E-state index < -0.39 is 5.41 Å². The van der Waals surface area contributed by atoms with Gasteiger partial charge in [0.05, 0.1) is 27.7 Å². The second-order valence-electron chi connectivity index (χ2n) is 16.7. The third-order valence-corrected chi connectivity index (χ3v) is 13.4. The van der Waals surface area contributed by atoms with Crippen LogP contribution in [0.25, 0.3) is 98.9 Å². The highest BCUT2D eigenvalue weighted by atomic mass is 14.7. The van der Waals surface area contributed by atoms with Crippen LogP contribution in [0.4, 0.5) is 0 Å². The molecule has 0 atom stereocenters. The molecule has 3 nitrogen and oxygen atoms in total. The quantitative estimate of drug-likeness (QED) is 0.163. The molecule has 1 aliphatic rings. The van der Waals surface area contributed by atoms with Gasteiger partial charge in [0.1, 0.15) is 0 Å². The lowest BCUT2D eigenvalue weighted by Crippen LogP contribution is -2.28. The van der Waals surface area contributed by atoms with Gasteiger partial charge in [-0.2, -0.15) is 0 Å². The van der Waals surface area contributed by atoms with Gasteiger partial charge in [-0.1, -0.05) is 170 Å². The first kappa shape index (κ1) is 35.5. The Morgan fingerprint density at radius 3 is 1.78 bits per heavy atom. The van der Waals surface area contributed by atoms with E-state index in [4.69, 9.17) is 9.97 Å².